The smallest absolute Gasteiger partial charge is 0.121 e. The summed E-state index contributed by atoms with van der Waals surface area (Å²) in [7, 11) is 1.62. The van der Waals surface area contributed by atoms with E-state index >= 15 is 0 Å². The Balaban J connectivity index is 2.07. The normalized spacial score (nSPS) is 10.3. The second kappa shape index (κ2) is 5.58. The Morgan fingerprint density at radius 1 is 1.41 bits per heavy atom. The van der Waals surface area contributed by atoms with E-state index in [1.165, 1.54) is 11.3 Å². The highest BCUT2D eigenvalue weighted by Gasteiger charge is 2.04. The first-order valence-electron chi connectivity index (χ1n) is 4.86. The first-order valence-corrected chi connectivity index (χ1v) is 6.44. The maximum absolute atomic E-state index is 6.06. The molecule has 0 amide bonds. The number of nitrogens with zero attached hydrogens (tertiary/aromatic N) is 1. The summed E-state index contributed by atoms with van der Waals surface area (Å²) in [6.07, 6.45) is 1.64. The lowest BCUT2D eigenvalue weighted by atomic mass is 10.3. The molecule has 0 saturated heterocycles. The summed E-state index contributed by atoms with van der Waals surface area (Å²) in [5.41, 5.74) is 0.817. The van der Waals surface area contributed by atoms with E-state index in [4.69, 9.17) is 27.9 Å². The van der Waals surface area contributed by atoms with Gasteiger partial charge in [0.25, 0.3) is 0 Å². The molecule has 1 N–H and O–H groups in total. The van der Waals surface area contributed by atoms with Gasteiger partial charge in [-0.25, -0.2) is 4.98 Å². The molecule has 0 fully saturated rings. The molecule has 0 bridgehead atoms. The highest BCUT2D eigenvalue weighted by Crippen LogP contribution is 2.27. The summed E-state index contributed by atoms with van der Waals surface area (Å²) in [6, 6.07) is 5.45. The van der Waals surface area contributed by atoms with E-state index in [0.717, 1.165) is 16.4 Å². The molecule has 17 heavy (non-hydrogen) atoms. The van der Waals surface area contributed by atoms with E-state index in [0.29, 0.717) is 15.9 Å². The zero-order valence-corrected chi connectivity index (χ0v) is 11.4. The second-order valence-electron chi connectivity index (χ2n) is 3.26. The molecular formula is C11H10Cl2N2OS. The molecule has 1 heterocycles. The predicted octanol–water partition coefficient (Wildman–Crippen LogP) is 4.07. The van der Waals surface area contributed by atoms with Gasteiger partial charge in [-0.2, -0.15) is 0 Å². The summed E-state index contributed by atoms with van der Waals surface area (Å²) in [5, 5.41) is 4.75. The van der Waals surface area contributed by atoms with Crippen molar-refractivity contribution in [3.63, 3.8) is 0 Å². The Morgan fingerprint density at radius 3 is 2.88 bits per heavy atom. The summed E-state index contributed by atoms with van der Waals surface area (Å²) >= 11 is 13.3. The second-order valence-corrected chi connectivity index (χ2v) is 5.41. The van der Waals surface area contributed by atoms with Crippen molar-refractivity contribution >= 4 is 40.2 Å². The zero-order chi connectivity index (χ0) is 12.3. The molecule has 0 unspecified atom stereocenters. The molecule has 0 spiro atoms. The van der Waals surface area contributed by atoms with E-state index in [9.17, 15) is 0 Å². The van der Waals surface area contributed by atoms with Gasteiger partial charge in [0.2, 0.25) is 0 Å². The number of anilines is 1. The number of thiazole rings is 1. The number of hydrogen-bond donors (Lipinski definition) is 1. The number of hydrogen-bond acceptors (Lipinski definition) is 4. The maximum atomic E-state index is 6.06. The highest BCUT2D eigenvalue weighted by atomic mass is 35.5. The third kappa shape index (κ3) is 3.25. The van der Waals surface area contributed by atoms with Crippen molar-refractivity contribution in [2.24, 2.45) is 0 Å². The van der Waals surface area contributed by atoms with E-state index < -0.39 is 0 Å². The van der Waals surface area contributed by atoms with Gasteiger partial charge >= 0.3 is 0 Å². The van der Waals surface area contributed by atoms with Crippen LogP contribution >= 0.6 is 34.5 Å². The fraction of sp³-hybridized carbons (Fsp3) is 0.182. The largest absolute Gasteiger partial charge is 0.497 e. The summed E-state index contributed by atoms with van der Waals surface area (Å²) in [6.45, 7) is 0.588. The fourth-order valence-electron chi connectivity index (χ4n) is 1.31. The SMILES string of the molecule is COc1ccc(Cl)c(NCc2ncc(Cl)s2)c1. The van der Waals surface area contributed by atoms with E-state index in [1.807, 2.05) is 12.1 Å². The zero-order valence-electron chi connectivity index (χ0n) is 9.04. The van der Waals surface area contributed by atoms with Crippen LogP contribution < -0.4 is 10.1 Å². The van der Waals surface area contributed by atoms with Gasteiger partial charge in [0.1, 0.15) is 15.1 Å². The quantitative estimate of drug-likeness (QED) is 0.921. The molecule has 0 aliphatic carbocycles. The molecule has 3 nitrogen and oxygen atoms in total. The summed E-state index contributed by atoms with van der Waals surface area (Å²) in [4.78, 5) is 4.15. The molecule has 0 radical (unpaired) electrons. The van der Waals surface area contributed by atoms with Crippen LogP contribution in [0.5, 0.6) is 5.75 Å². The number of methoxy groups -OCH3 is 1. The van der Waals surface area contributed by atoms with Gasteiger partial charge in [-0.3, -0.25) is 0 Å². The first-order chi connectivity index (χ1) is 8.19. The third-order valence-electron chi connectivity index (χ3n) is 2.13. The van der Waals surface area contributed by atoms with E-state index in [2.05, 4.69) is 10.3 Å². The molecule has 6 heteroatoms. The van der Waals surface area contributed by atoms with Crippen LogP contribution in [0.25, 0.3) is 0 Å². The van der Waals surface area contributed by atoms with Crippen LogP contribution in [0.2, 0.25) is 9.36 Å². The number of benzene rings is 1. The Morgan fingerprint density at radius 2 is 2.24 bits per heavy atom. The van der Waals surface area contributed by atoms with Gasteiger partial charge in [-0.1, -0.05) is 23.2 Å². The number of ether oxygens (including phenoxy) is 1. The average molecular weight is 289 g/mol. The molecule has 0 saturated carbocycles. The lowest BCUT2D eigenvalue weighted by Crippen LogP contribution is -1.99. The van der Waals surface area contributed by atoms with Gasteiger partial charge in [0, 0.05) is 6.07 Å². The third-order valence-corrected chi connectivity index (χ3v) is 3.57. The Bertz CT molecular complexity index is 516. The lowest BCUT2D eigenvalue weighted by molar-refractivity contribution is 0.415. The molecule has 2 rings (SSSR count). The Labute approximate surface area is 113 Å². The minimum Gasteiger partial charge on any atom is -0.497 e. The van der Waals surface area contributed by atoms with Crippen molar-refractivity contribution in [2.75, 3.05) is 12.4 Å². The molecule has 1 aromatic heterocycles. The molecular weight excluding hydrogens is 279 g/mol. The summed E-state index contributed by atoms with van der Waals surface area (Å²) in [5.74, 6) is 0.758. The fourth-order valence-corrected chi connectivity index (χ4v) is 2.39. The minimum atomic E-state index is 0.588. The van der Waals surface area contributed by atoms with Crippen LogP contribution in [-0.2, 0) is 6.54 Å². The summed E-state index contributed by atoms with van der Waals surface area (Å²) < 4.78 is 5.81. The van der Waals surface area contributed by atoms with Gasteiger partial charge < -0.3 is 10.1 Å². The number of nitrogens with one attached hydrogen (secondary N) is 1. The molecule has 0 aliphatic rings. The van der Waals surface area contributed by atoms with Gasteiger partial charge in [-0.15, -0.1) is 11.3 Å². The molecule has 2 aromatic rings. The van der Waals surface area contributed by atoms with Crippen LogP contribution in [0.15, 0.2) is 24.4 Å². The van der Waals surface area contributed by atoms with Crippen LogP contribution in [-0.4, -0.2) is 12.1 Å². The Kier molecular flexibility index (Phi) is 4.10. The van der Waals surface area contributed by atoms with E-state index in [1.54, 1.807) is 19.4 Å². The van der Waals surface area contributed by atoms with Crippen molar-refractivity contribution in [3.8, 4) is 5.75 Å². The van der Waals surface area contributed by atoms with Crippen molar-refractivity contribution < 1.29 is 4.74 Å². The number of rotatable bonds is 4. The average Bonchev–Trinajstić information content (AvgIpc) is 2.74. The molecule has 1 aromatic carbocycles. The molecule has 0 aliphatic heterocycles. The Hall–Kier alpha value is -0.970. The molecule has 0 atom stereocenters. The van der Waals surface area contributed by atoms with Crippen molar-refractivity contribution in [2.45, 2.75) is 6.54 Å². The van der Waals surface area contributed by atoms with Crippen molar-refractivity contribution in [1.29, 1.82) is 0 Å². The standard InChI is InChI=1S/C11H10Cl2N2OS/c1-16-7-2-3-8(12)9(4-7)14-6-11-15-5-10(13)17-11/h2-5,14H,6H2,1H3. The minimum absolute atomic E-state index is 0.588. The number of aromatic nitrogens is 1. The van der Waals surface area contributed by atoms with Gasteiger partial charge in [0.05, 0.1) is 30.6 Å². The van der Waals surface area contributed by atoms with Crippen LogP contribution in [0.3, 0.4) is 0 Å². The number of halogens is 2. The predicted molar refractivity (Wildman–Crippen MR) is 72.5 cm³/mol. The van der Waals surface area contributed by atoms with Crippen molar-refractivity contribution in [1.82, 2.24) is 4.98 Å². The van der Waals surface area contributed by atoms with Gasteiger partial charge in [0.15, 0.2) is 0 Å². The topological polar surface area (TPSA) is 34.1 Å². The maximum Gasteiger partial charge on any atom is 0.121 e. The highest BCUT2D eigenvalue weighted by molar-refractivity contribution is 7.15. The van der Waals surface area contributed by atoms with Crippen LogP contribution in [0.1, 0.15) is 5.01 Å². The van der Waals surface area contributed by atoms with Gasteiger partial charge in [-0.05, 0) is 12.1 Å². The molecule has 90 valence electrons. The first kappa shape index (κ1) is 12.5. The van der Waals surface area contributed by atoms with Crippen LogP contribution in [0, 0.1) is 0 Å². The van der Waals surface area contributed by atoms with E-state index in [-0.39, 0.29) is 0 Å². The lowest BCUT2D eigenvalue weighted by Gasteiger charge is -2.08. The monoisotopic (exact) mass is 288 g/mol. The van der Waals surface area contributed by atoms with Crippen molar-refractivity contribution in [3.05, 3.63) is 38.8 Å². The van der Waals surface area contributed by atoms with Crippen LogP contribution in [0.4, 0.5) is 5.69 Å².